The van der Waals surface area contributed by atoms with Gasteiger partial charge in [0, 0.05) is 35.7 Å². The highest BCUT2D eigenvalue weighted by Crippen LogP contribution is 2.42. The van der Waals surface area contributed by atoms with Crippen LogP contribution in [-0.2, 0) is 48.3 Å². The molecule has 1 aliphatic heterocycles. The molecule has 0 saturated heterocycles. The first-order valence-corrected chi connectivity index (χ1v) is 24.1. The summed E-state index contributed by atoms with van der Waals surface area (Å²) in [6.07, 6.45) is 5.91. The van der Waals surface area contributed by atoms with Crippen molar-refractivity contribution in [2.75, 3.05) is 18.1 Å². The first-order chi connectivity index (χ1) is 28.8. The minimum absolute atomic E-state index is 0.0248. The zero-order chi connectivity index (χ0) is 43.9. The zero-order valence-corrected chi connectivity index (χ0v) is 37.4. The van der Waals surface area contributed by atoms with Crippen molar-refractivity contribution in [3.05, 3.63) is 131 Å². The Kier molecular flexibility index (Phi) is 12.2. The maximum Gasteiger partial charge on any atom is 0.330 e. The van der Waals surface area contributed by atoms with E-state index in [9.17, 15) is 21.6 Å². The average Bonchev–Trinajstić information content (AvgIpc) is 3.81. The SMILES string of the molecule is CCOC(=O)/C=C/c1cccc(C2(C)CCCC(C)(C)CS(=O)(=O)CCc3c(c(F)cc4c3ccn4S(=O)(=O)c3ccc(C)cc3)Sc3ccc(F)c(c3)-c3nc2nn3C)c1. The van der Waals surface area contributed by atoms with Gasteiger partial charge in [-0.25, -0.2) is 44.0 Å². The Bertz CT molecular complexity index is 2900. The van der Waals surface area contributed by atoms with Gasteiger partial charge < -0.3 is 4.74 Å². The van der Waals surface area contributed by atoms with Crippen molar-refractivity contribution in [2.24, 2.45) is 12.5 Å². The maximum atomic E-state index is 16.6. The van der Waals surface area contributed by atoms with E-state index in [1.165, 1.54) is 41.2 Å². The van der Waals surface area contributed by atoms with Gasteiger partial charge >= 0.3 is 5.97 Å². The van der Waals surface area contributed by atoms with Gasteiger partial charge in [0.2, 0.25) is 0 Å². The molecule has 1 unspecified atom stereocenters. The van der Waals surface area contributed by atoms with Crippen LogP contribution < -0.4 is 0 Å². The summed E-state index contributed by atoms with van der Waals surface area (Å²) in [6.45, 7) is 9.65. The number of esters is 1. The first kappa shape index (κ1) is 44.0. The molecule has 2 aromatic heterocycles. The van der Waals surface area contributed by atoms with Gasteiger partial charge in [-0.3, -0.25) is 0 Å². The van der Waals surface area contributed by atoms with E-state index in [2.05, 4.69) is 0 Å². The smallest absolute Gasteiger partial charge is 0.330 e. The van der Waals surface area contributed by atoms with E-state index >= 15 is 8.78 Å². The van der Waals surface area contributed by atoms with Gasteiger partial charge in [-0.15, -0.1) is 0 Å². The van der Waals surface area contributed by atoms with Crippen molar-refractivity contribution in [3.63, 3.8) is 0 Å². The fraction of sp³-hybridized carbons (Fsp3) is 0.326. The molecular weight excluding hydrogens is 839 g/mol. The van der Waals surface area contributed by atoms with E-state index in [0.717, 1.165) is 38.5 Å². The molecule has 61 heavy (non-hydrogen) atoms. The summed E-state index contributed by atoms with van der Waals surface area (Å²) in [5.41, 5.74) is 1.51. The van der Waals surface area contributed by atoms with E-state index in [1.807, 2.05) is 52.0 Å². The van der Waals surface area contributed by atoms with Gasteiger partial charge in [0.05, 0.1) is 44.4 Å². The lowest BCUT2D eigenvalue weighted by atomic mass is 9.75. The summed E-state index contributed by atoms with van der Waals surface area (Å²) in [6, 6.07) is 21.0. The second-order valence-corrected chi connectivity index (χ2v) is 21.6. The number of nitrogens with zero attached hydrogens (tertiary/aromatic N) is 4. The monoisotopic (exact) mass is 886 g/mol. The molecular formula is C46H48F2N4O6S3. The third kappa shape index (κ3) is 9.24. The summed E-state index contributed by atoms with van der Waals surface area (Å²) in [4.78, 5) is 17.7. The second kappa shape index (κ2) is 17.0. The van der Waals surface area contributed by atoms with Crippen LogP contribution >= 0.6 is 11.8 Å². The molecule has 0 fully saturated rings. The molecule has 15 heteroatoms. The number of aromatic nitrogens is 4. The van der Waals surface area contributed by atoms with Crippen LogP contribution in [0.25, 0.3) is 28.4 Å². The molecule has 10 nitrogen and oxygen atoms in total. The third-order valence-electron chi connectivity index (χ3n) is 11.2. The van der Waals surface area contributed by atoms with Crippen molar-refractivity contribution >= 4 is 54.6 Å². The van der Waals surface area contributed by atoms with Crippen molar-refractivity contribution in [2.45, 2.75) is 80.4 Å². The van der Waals surface area contributed by atoms with Gasteiger partial charge in [0.15, 0.2) is 21.5 Å². The minimum Gasteiger partial charge on any atom is -0.463 e. The summed E-state index contributed by atoms with van der Waals surface area (Å²) < 4.78 is 95.9. The van der Waals surface area contributed by atoms with E-state index in [4.69, 9.17) is 14.8 Å². The molecule has 4 aromatic carbocycles. The molecule has 6 aromatic rings. The lowest BCUT2D eigenvalue weighted by Crippen LogP contribution is -2.29. The standard InChI is InChI=1S/C46H48F2N4O6S3/c1-7-58-41(53)19-14-31-10-8-11-32(26-31)46(5)23-9-22-45(3,4)29-60(54,55)25-21-36-35-20-24-52(61(56,57)34-16-12-30(2)13-17-34)40(35)28-39(48)42(36)59-33-15-18-38(47)37(27-33)43-49-44(46)50-51(43)6/h8,10-20,24,26-28H,7,9,21-23,25,29H2,1-6H3/b19-14+. The molecule has 1 aliphatic rings. The van der Waals surface area contributed by atoms with Crippen molar-refractivity contribution in [1.82, 2.24) is 18.7 Å². The van der Waals surface area contributed by atoms with Gasteiger partial charge in [0.1, 0.15) is 11.6 Å². The normalized spacial score (nSPS) is 18.4. The predicted molar refractivity (Wildman–Crippen MR) is 235 cm³/mol. The number of fused-ring (bicyclic) bond motifs is 8. The number of ether oxygens (including phenoxy) is 1. The van der Waals surface area contributed by atoms with Crippen molar-refractivity contribution in [1.29, 1.82) is 0 Å². The van der Waals surface area contributed by atoms with E-state index in [-0.39, 0.29) is 51.2 Å². The van der Waals surface area contributed by atoms with E-state index in [1.54, 1.807) is 44.3 Å². The molecule has 1 atom stereocenters. The molecule has 0 saturated carbocycles. The number of aryl methyl sites for hydroxylation is 3. The number of benzene rings is 4. The van der Waals surface area contributed by atoms with E-state index < -0.39 is 48.3 Å². The molecule has 0 amide bonds. The van der Waals surface area contributed by atoms with Gasteiger partial charge in [0.25, 0.3) is 10.0 Å². The Balaban J connectivity index is 1.36. The molecule has 320 valence electrons. The Morgan fingerprint density at radius 2 is 1.74 bits per heavy atom. The molecule has 7 rings (SSSR count). The Hall–Kier alpha value is -5.12. The zero-order valence-electron chi connectivity index (χ0n) is 34.9. The molecule has 0 radical (unpaired) electrons. The van der Waals surface area contributed by atoms with Crippen LogP contribution in [0.3, 0.4) is 0 Å². The second-order valence-electron chi connectivity index (χ2n) is 16.6. The molecule has 0 aliphatic carbocycles. The molecule has 3 heterocycles. The number of rotatable bonds is 6. The number of halogens is 2. The Labute approximate surface area is 360 Å². The Morgan fingerprint density at radius 3 is 2.48 bits per heavy atom. The fourth-order valence-corrected chi connectivity index (χ4v) is 12.4. The minimum atomic E-state index is -4.14. The number of carbonyl (C=O) groups excluding carboxylic acids is 1. The highest BCUT2D eigenvalue weighted by atomic mass is 32.2. The maximum absolute atomic E-state index is 16.6. The first-order valence-electron chi connectivity index (χ1n) is 20.0. The fourth-order valence-electron chi connectivity index (χ4n) is 8.02. The van der Waals surface area contributed by atoms with Crippen LogP contribution in [0.1, 0.15) is 75.0 Å². The van der Waals surface area contributed by atoms with Gasteiger partial charge in [-0.1, -0.05) is 74.0 Å². The van der Waals surface area contributed by atoms with Crippen LogP contribution in [0.4, 0.5) is 8.78 Å². The lowest BCUT2D eigenvalue weighted by Gasteiger charge is -2.30. The molecule has 4 bridgehead atoms. The highest BCUT2D eigenvalue weighted by Gasteiger charge is 2.36. The van der Waals surface area contributed by atoms with Gasteiger partial charge in [-0.05, 0) is 105 Å². The summed E-state index contributed by atoms with van der Waals surface area (Å²) in [5, 5.41) is 5.24. The number of sulfone groups is 1. The van der Waals surface area contributed by atoms with Crippen LogP contribution in [0.5, 0.6) is 0 Å². The van der Waals surface area contributed by atoms with Crippen LogP contribution in [0, 0.1) is 24.0 Å². The quantitative estimate of drug-likeness (QED) is 0.119. The largest absolute Gasteiger partial charge is 0.463 e. The molecule has 0 N–H and O–H groups in total. The van der Waals surface area contributed by atoms with Crippen molar-refractivity contribution < 1.29 is 35.1 Å². The summed E-state index contributed by atoms with van der Waals surface area (Å²) in [7, 11) is -6.21. The van der Waals surface area contributed by atoms with Gasteiger partial charge in [-0.2, -0.15) is 5.10 Å². The third-order valence-corrected chi connectivity index (χ3v) is 16.1. The predicted octanol–water partition coefficient (Wildman–Crippen LogP) is 9.46. The van der Waals surface area contributed by atoms with Crippen molar-refractivity contribution in [3.8, 4) is 11.4 Å². The Morgan fingerprint density at radius 1 is 0.984 bits per heavy atom. The summed E-state index contributed by atoms with van der Waals surface area (Å²) in [5.74, 6) is -1.56. The average molecular weight is 887 g/mol. The number of hydrogen-bond donors (Lipinski definition) is 0. The van der Waals surface area contributed by atoms with Crippen LogP contribution in [0.15, 0.2) is 106 Å². The topological polar surface area (TPSA) is 130 Å². The molecule has 0 spiro atoms. The van der Waals surface area contributed by atoms with Crippen LogP contribution in [-0.4, -0.2) is 59.7 Å². The highest BCUT2D eigenvalue weighted by molar-refractivity contribution is 7.99. The van der Waals surface area contributed by atoms with E-state index in [0.29, 0.717) is 40.9 Å². The lowest BCUT2D eigenvalue weighted by molar-refractivity contribution is -0.137. The number of hydrogen-bond acceptors (Lipinski definition) is 9. The number of carbonyl (C=O) groups is 1. The van der Waals surface area contributed by atoms with Crippen LogP contribution in [0.2, 0.25) is 0 Å². The summed E-state index contributed by atoms with van der Waals surface area (Å²) >= 11 is 1.00.